The maximum absolute atomic E-state index is 10.8. The Morgan fingerprint density at radius 1 is 0.469 bits per heavy atom. The summed E-state index contributed by atoms with van der Waals surface area (Å²) in [5.41, 5.74) is 8.53. The highest BCUT2D eigenvalue weighted by Gasteiger charge is 2.26. The Bertz CT molecular complexity index is 3740. The molecule has 0 saturated carbocycles. The van der Waals surface area contributed by atoms with Crippen molar-refractivity contribution >= 4 is 64.7 Å². The number of nitrogens with zero attached hydrogens (tertiary/aromatic N) is 8. The van der Waals surface area contributed by atoms with Gasteiger partial charge in [-0.05, 0) is 53.6 Å². The minimum absolute atomic E-state index is 0.306. The van der Waals surface area contributed by atoms with Crippen molar-refractivity contribution in [1.82, 2.24) is 19.5 Å². The van der Waals surface area contributed by atoms with Crippen LogP contribution in [0.15, 0.2) is 170 Å². The van der Waals surface area contributed by atoms with Crippen LogP contribution in [0.4, 0.5) is 11.4 Å². The van der Waals surface area contributed by atoms with Gasteiger partial charge in [-0.2, -0.15) is 10.5 Å². The number of nitriles is 2. The molecule has 0 fully saturated rings. The quantitative estimate of drug-likeness (QED) is 0.155. The molecule has 0 saturated heterocycles. The molecule has 0 amide bonds. The molecule has 8 nitrogen and oxygen atoms in total. The minimum Gasteiger partial charge on any atom is -0.308 e. The molecule has 3 heterocycles. The van der Waals surface area contributed by atoms with Gasteiger partial charge >= 0.3 is 0 Å². The smallest absolute Gasteiger partial charge is 0.188 e. The van der Waals surface area contributed by atoms with Gasteiger partial charge in [-0.15, -0.1) is 11.3 Å². The molecular formula is C55H28N8S. The highest BCUT2D eigenvalue weighted by molar-refractivity contribution is 7.26. The molecule has 0 bridgehead atoms. The molecule has 64 heavy (non-hydrogen) atoms. The number of aromatic nitrogens is 4. The van der Waals surface area contributed by atoms with Crippen molar-refractivity contribution in [2.75, 3.05) is 0 Å². The summed E-state index contributed by atoms with van der Waals surface area (Å²) in [6.45, 7) is 15.6. The van der Waals surface area contributed by atoms with Crippen molar-refractivity contribution in [1.29, 1.82) is 10.5 Å². The van der Waals surface area contributed by atoms with Crippen molar-refractivity contribution in [3.05, 3.63) is 204 Å². The molecule has 0 atom stereocenters. The molecule has 0 radical (unpaired) electrons. The van der Waals surface area contributed by atoms with Crippen LogP contribution in [0.1, 0.15) is 11.1 Å². The van der Waals surface area contributed by atoms with Crippen molar-refractivity contribution in [3.63, 3.8) is 0 Å². The van der Waals surface area contributed by atoms with Crippen LogP contribution in [0.25, 0.3) is 114 Å². The second kappa shape index (κ2) is 15.3. The first-order valence-corrected chi connectivity index (χ1v) is 21.1. The zero-order chi connectivity index (χ0) is 43.3. The predicted octanol–water partition coefficient (Wildman–Crippen LogP) is 14.5. The van der Waals surface area contributed by atoms with Crippen molar-refractivity contribution in [2.24, 2.45) is 0 Å². The molecule has 0 aliphatic carbocycles. The van der Waals surface area contributed by atoms with Crippen LogP contribution in [0, 0.1) is 35.8 Å². The van der Waals surface area contributed by atoms with E-state index in [1.54, 1.807) is 35.6 Å². The van der Waals surface area contributed by atoms with E-state index < -0.39 is 0 Å². The Hall–Kier alpha value is -9.25. The van der Waals surface area contributed by atoms with Crippen LogP contribution in [-0.2, 0) is 0 Å². The first-order chi connectivity index (χ1) is 31.5. The molecule has 8 aromatic carbocycles. The fourth-order valence-corrected chi connectivity index (χ4v) is 9.95. The lowest BCUT2D eigenvalue weighted by atomic mass is 9.89. The SMILES string of the molecule is [C-]#[N+]c1ccc(-c2cc(-c3nc(-c4ccccc4)nc(-c4ccccc4)n3)cc(-c3ccc([N+]#[C-])cc3C#N)c2-n2c3ccccc3c3c4sc5ccccc5c4ccc32)c(C#N)c1. The van der Waals surface area contributed by atoms with Gasteiger partial charge in [-0.3, -0.25) is 0 Å². The standard InChI is InChI=1S/C55H28N8S/c1-58-38-21-23-40(36(27-38)31-56)45-29-35(55-61-53(33-13-5-3-6-14-33)60-54(62-55)34-15-7-4-8-16-34)30-46(41-24-22-39(59-2)28-37(41)32-57)51(45)63-47-19-11-9-18-44(47)50-48(63)26-25-43-42-17-10-12-20-49(42)64-52(43)50/h3-30H. The summed E-state index contributed by atoms with van der Waals surface area (Å²) < 4.78 is 4.57. The minimum atomic E-state index is 0.306. The summed E-state index contributed by atoms with van der Waals surface area (Å²) in [6.07, 6.45) is 0. The zero-order valence-corrected chi connectivity index (χ0v) is 34.5. The van der Waals surface area contributed by atoms with Gasteiger partial charge in [0.15, 0.2) is 28.8 Å². The van der Waals surface area contributed by atoms with E-state index in [9.17, 15) is 10.5 Å². The second-order valence-electron chi connectivity index (χ2n) is 15.2. The number of fused-ring (bicyclic) bond motifs is 7. The maximum Gasteiger partial charge on any atom is 0.188 e. The third kappa shape index (κ3) is 6.13. The lowest BCUT2D eigenvalue weighted by Gasteiger charge is -2.22. The Morgan fingerprint density at radius 3 is 1.55 bits per heavy atom. The van der Waals surface area contributed by atoms with E-state index in [1.165, 1.54) is 10.1 Å². The monoisotopic (exact) mass is 832 g/mol. The fourth-order valence-electron chi connectivity index (χ4n) is 8.69. The van der Waals surface area contributed by atoms with Crippen molar-refractivity contribution < 1.29 is 0 Å². The highest BCUT2D eigenvalue weighted by Crippen LogP contribution is 2.48. The molecule has 0 unspecified atom stereocenters. The van der Waals surface area contributed by atoms with Gasteiger partial charge < -0.3 is 4.57 Å². The summed E-state index contributed by atoms with van der Waals surface area (Å²) >= 11 is 1.76. The first kappa shape index (κ1) is 37.7. The van der Waals surface area contributed by atoms with Gasteiger partial charge in [0.05, 0.1) is 42.0 Å². The van der Waals surface area contributed by atoms with E-state index in [0.29, 0.717) is 73.5 Å². The van der Waals surface area contributed by atoms with E-state index >= 15 is 0 Å². The van der Waals surface area contributed by atoms with Crippen LogP contribution in [0.5, 0.6) is 0 Å². The fraction of sp³-hybridized carbons (Fsp3) is 0. The predicted molar refractivity (Wildman–Crippen MR) is 256 cm³/mol. The van der Waals surface area contributed by atoms with Gasteiger partial charge in [0, 0.05) is 69.9 Å². The molecule has 0 N–H and O–H groups in total. The van der Waals surface area contributed by atoms with Gasteiger partial charge in [0.25, 0.3) is 0 Å². The lowest BCUT2D eigenvalue weighted by Crippen LogP contribution is -2.05. The number of rotatable bonds is 6. The second-order valence-corrected chi connectivity index (χ2v) is 16.2. The summed E-state index contributed by atoms with van der Waals surface area (Å²) in [5.74, 6) is 1.33. The first-order valence-electron chi connectivity index (χ1n) is 20.3. The summed E-state index contributed by atoms with van der Waals surface area (Å²) in [5, 5.41) is 26.1. The molecule has 11 aromatic rings. The highest BCUT2D eigenvalue weighted by atomic mass is 32.1. The average molecular weight is 833 g/mol. The van der Waals surface area contributed by atoms with Crippen LogP contribution in [-0.4, -0.2) is 19.5 Å². The molecule has 294 valence electrons. The largest absolute Gasteiger partial charge is 0.308 e. The molecule has 0 aliphatic heterocycles. The Kier molecular flexibility index (Phi) is 9.04. The van der Waals surface area contributed by atoms with Gasteiger partial charge in [0.1, 0.15) is 0 Å². The molecule has 0 aliphatic rings. The number of hydrogen-bond donors (Lipinski definition) is 0. The van der Waals surface area contributed by atoms with Crippen molar-refractivity contribution in [2.45, 2.75) is 0 Å². The number of hydrogen-bond acceptors (Lipinski definition) is 6. The van der Waals surface area contributed by atoms with E-state index in [1.807, 2.05) is 97.1 Å². The Labute approximate surface area is 371 Å². The summed E-state index contributed by atoms with van der Waals surface area (Å²) in [6, 6.07) is 59.7. The molecule has 3 aromatic heterocycles. The molecule has 9 heteroatoms. The van der Waals surface area contributed by atoms with E-state index in [2.05, 4.69) is 74.9 Å². The number of benzene rings is 8. The van der Waals surface area contributed by atoms with E-state index in [0.717, 1.165) is 43.0 Å². The number of para-hydroxylation sites is 1. The summed E-state index contributed by atoms with van der Waals surface area (Å²) in [4.78, 5) is 22.5. The van der Waals surface area contributed by atoms with Gasteiger partial charge in [0.2, 0.25) is 0 Å². The molecule has 0 spiro atoms. The third-order valence-corrected chi connectivity index (χ3v) is 12.8. The van der Waals surface area contributed by atoms with Crippen LogP contribution in [0.2, 0.25) is 0 Å². The zero-order valence-electron chi connectivity index (χ0n) is 33.7. The average Bonchev–Trinajstić information content (AvgIpc) is 3.91. The number of thiophene rings is 1. The molecular weight excluding hydrogens is 805 g/mol. The Balaban J connectivity index is 1.33. The maximum atomic E-state index is 10.8. The van der Waals surface area contributed by atoms with E-state index in [-0.39, 0.29) is 0 Å². The van der Waals surface area contributed by atoms with Gasteiger partial charge in [-0.1, -0.05) is 127 Å². The lowest BCUT2D eigenvalue weighted by molar-refractivity contribution is 1.07. The Morgan fingerprint density at radius 2 is 0.984 bits per heavy atom. The normalized spacial score (nSPS) is 11.1. The van der Waals surface area contributed by atoms with Gasteiger partial charge in [-0.25, -0.2) is 24.6 Å². The van der Waals surface area contributed by atoms with Crippen LogP contribution < -0.4 is 0 Å². The molecule has 11 rings (SSSR count). The van der Waals surface area contributed by atoms with Crippen LogP contribution in [0.3, 0.4) is 0 Å². The van der Waals surface area contributed by atoms with Crippen LogP contribution >= 0.6 is 11.3 Å². The van der Waals surface area contributed by atoms with E-state index in [4.69, 9.17) is 28.1 Å². The third-order valence-electron chi connectivity index (χ3n) is 11.6. The summed E-state index contributed by atoms with van der Waals surface area (Å²) in [7, 11) is 0. The van der Waals surface area contributed by atoms with Crippen molar-refractivity contribution in [3.8, 4) is 74.2 Å². The topological polar surface area (TPSA) is 99.9 Å².